The summed E-state index contributed by atoms with van der Waals surface area (Å²) in [6, 6.07) is 17.3. The van der Waals surface area contributed by atoms with Crippen molar-refractivity contribution in [1.29, 1.82) is 0 Å². The number of carboxylic acid groups (broad SMARTS) is 1. The van der Waals surface area contributed by atoms with Crippen LogP contribution in [0.5, 0.6) is 5.75 Å². The number of fused-ring (bicyclic) bond motifs is 2. The van der Waals surface area contributed by atoms with Crippen molar-refractivity contribution in [1.82, 2.24) is 9.88 Å². The van der Waals surface area contributed by atoms with Gasteiger partial charge in [-0.1, -0.05) is 30.3 Å². The number of aliphatic carboxylic acids is 1. The van der Waals surface area contributed by atoms with Crippen molar-refractivity contribution >= 4 is 11.8 Å². The molecule has 1 N–H and O–H groups in total. The Morgan fingerprint density at radius 1 is 1.10 bits per heavy atom. The molecule has 7 nitrogen and oxygen atoms in total. The fourth-order valence-corrected chi connectivity index (χ4v) is 6.96. The molecule has 1 saturated carbocycles. The second kappa shape index (κ2) is 9.89. The first-order chi connectivity index (χ1) is 19.4. The fraction of sp³-hybridized carbons (Fsp3) is 0.455. The van der Waals surface area contributed by atoms with E-state index in [4.69, 9.17) is 14.5 Å². The number of piperidine rings is 1. The van der Waals surface area contributed by atoms with Crippen molar-refractivity contribution in [3.8, 4) is 17.0 Å². The number of nitrogens with zero attached hydrogens (tertiary/aromatic N) is 3. The molecule has 208 valence electrons. The molecule has 3 aliphatic heterocycles. The van der Waals surface area contributed by atoms with Gasteiger partial charge in [-0.25, -0.2) is 4.98 Å². The summed E-state index contributed by atoms with van der Waals surface area (Å²) in [5.41, 5.74) is 7.82. The number of aryl methyl sites for hydroxylation is 1. The monoisotopic (exact) mass is 539 g/mol. The first-order valence-electron chi connectivity index (χ1n) is 14.5. The highest BCUT2D eigenvalue weighted by molar-refractivity contribution is 5.81. The second-order valence-corrected chi connectivity index (χ2v) is 12.1. The summed E-state index contributed by atoms with van der Waals surface area (Å²) in [4.78, 5) is 21.5. The van der Waals surface area contributed by atoms with E-state index in [0.717, 1.165) is 80.5 Å². The molecule has 0 radical (unpaired) electrons. The third-order valence-corrected chi connectivity index (χ3v) is 9.75. The van der Waals surface area contributed by atoms with Crippen LogP contribution in [0.2, 0.25) is 0 Å². The molecule has 40 heavy (non-hydrogen) atoms. The molecule has 1 aliphatic carbocycles. The van der Waals surface area contributed by atoms with Crippen molar-refractivity contribution < 1.29 is 19.4 Å². The van der Waals surface area contributed by atoms with Gasteiger partial charge in [-0.05, 0) is 85.0 Å². The van der Waals surface area contributed by atoms with Crippen molar-refractivity contribution in [2.75, 3.05) is 44.3 Å². The van der Waals surface area contributed by atoms with Crippen LogP contribution in [-0.2, 0) is 29.0 Å². The van der Waals surface area contributed by atoms with Gasteiger partial charge in [0.05, 0.1) is 30.4 Å². The van der Waals surface area contributed by atoms with E-state index in [0.29, 0.717) is 19.2 Å². The standard InChI is InChI=1S/C33H37N3O4/c1-21-5-3-6-28(29-7-4-8-30(34-29)36-16-25-15-33(25,20-36)32(37)38)31(21)40-17-24-10-9-23-11-13-35(26-18-39-19-26)14-12-27(23)22(24)2/h3-10,25-26H,11-20H2,1-2H3,(H,37,38)/t25-,33-/m0/s1. The number of aromatic nitrogens is 1. The molecule has 1 aromatic heterocycles. The number of rotatable bonds is 7. The Kier molecular flexibility index (Phi) is 6.32. The zero-order chi connectivity index (χ0) is 27.4. The molecule has 2 saturated heterocycles. The number of benzene rings is 2. The minimum absolute atomic E-state index is 0.229. The third kappa shape index (κ3) is 4.36. The Morgan fingerprint density at radius 2 is 1.93 bits per heavy atom. The molecule has 4 heterocycles. The molecule has 7 rings (SSSR count). The number of hydrogen-bond donors (Lipinski definition) is 1. The maximum Gasteiger partial charge on any atom is 0.311 e. The van der Waals surface area contributed by atoms with Crippen LogP contribution in [0.15, 0.2) is 48.5 Å². The first kappa shape index (κ1) is 25.5. The Labute approximate surface area is 235 Å². The van der Waals surface area contributed by atoms with Gasteiger partial charge in [0, 0.05) is 31.7 Å². The van der Waals surface area contributed by atoms with Crippen molar-refractivity contribution in [3.63, 3.8) is 0 Å². The van der Waals surface area contributed by atoms with Crippen molar-refractivity contribution in [3.05, 3.63) is 76.3 Å². The van der Waals surface area contributed by atoms with E-state index < -0.39 is 11.4 Å². The average molecular weight is 540 g/mol. The number of pyridine rings is 1. The third-order valence-electron chi connectivity index (χ3n) is 9.75. The first-order valence-corrected chi connectivity index (χ1v) is 14.5. The molecule has 0 spiro atoms. The molecule has 0 bridgehead atoms. The second-order valence-electron chi connectivity index (χ2n) is 12.1. The van der Waals surface area contributed by atoms with Gasteiger partial charge in [-0.2, -0.15) is 0 Å². The summed E-state index contributed by atoms with van der Waals surface area (Å²) >= 11 is 0. The van der Waals surface area contributed by atoms with Crippen molar-refractivity contribution in [2.24, 2.45) is 11.3 Å². The number of hydrogen-bond acceptors (Lipinski definition) is 6. The summed E-state index contributed by atoms with van der Waals surface area (Å²) in [7, 11) is 0. The van der Waals surface area contributed by atoms with Gasteiger partial charge in [0.25, 0.3) is 0 Å². The molecule has 3 fully saturated rings. The summed E-state index contributed by atoms with van der Waals surface area (Å²) in [5, 5.41) is 9.71. The molecule has 2 aromatic carbocycles. The van der Waals surface area contributed by atoms with Crippen molar-refractivity contribution in [2.45, 2.75) is 45.8 Å². The van der Waals surface area contributed by atoms with Gasteiger partial charge in [0.1, 0.15) is 18.2 Å². The molecule has 7 heteroatoms. The summed E-state index contributed by atoms with van der Waals surface area (Å²) in [6.45, 7) is 10.0. The Balaban J connectivity index is 1.10. The van der Waals surface area contributed by atoms with E-state index in [9.17, 15) is 9.90 Å². The average Bonchev–Trinajstić information content (AvgIpc) is 3.57. The summed E-state index contributed by atoms with van der Waals surface area (Å²) in [5.74, 6) is 1.24. The van der Waals surface area contributed by atoms with E-state index >= 15 is 0 Å². The molecule has 3 aromatic rings. The number of carbonyl (C=O) groups is 1. The quantitative estimate of drug-likeness (QED) is 0.468. The number of ether oxygens (including phenoxy) is 2. The number of para-hydroxylation sites is 1. The van der Waals surface area contributed by atoms with E-state index in [1.807, 2.05) is 24.3 Å². The molecular formula is C33H37N3O4. The highest BCUT2D eigenvalue weighted by Crippen LogP contribution is 2.58. The van der Waals surface area contributed by atoms with Gasteiger partial charge < -0.3 is 19.5 Å². The normalized spacial score (nSPS) is 24.1. The van der Waals surface area contributed by atoms with Gasteiger partial charge in [-0.15, -0.1) is 0 Å². The van der Waals surface area contributed by atoms with Crippen LogP contribution >= 0.6 is 0 Å². The number of carboxylic acids is 1. The Hall–Kier alpha value is -3.42. The smallest absolute Gasteiger partial charge is 0.311 e. The molecule has 0 amide bonds. The zero-order valence-electron chi connectivity index (χ0n) is 23.4. The molecular weight excluding hydrogens is 502 g/mol. The molecule has 2 atom stereocenters. The van der Waals surface area contributed by atoms with Crippen LogP contribution < -0.4 is 9.64 Å². The van der Waals surface area contributed by atoms with Gasteiger partial charge in [-0.3, -0.25) is 9.69 Å². The lowest BCUT2D eigenvalue weighted by atomic mass is 9.94. The zero-order valence-corrected chi connectivity index (χ0v) is 23.4. The fourth-order valence-electron chi connectivity index (χ4n) is 6.96. The lowest BCUT2D eigenvalue weighted by Gasteiger charge is -2.36. The van der Waals surface area contributed by atoms with Crippen LogP contribution in [0.3, 0.4) is 0 Å². The predicted octanol–water partition coefficient (Wildman–Crippen LogP) is 4.65. The maximum absolute atomic E-state index is 11.8. The lowest BCUT2D eigenvalue weighted by Crippen LogP contribution is -2.49. The topological polar surface area (TPSA) is 75.1 Å². The van der Waals surface area contributed by atoms with Gasteiger partial charge in [0.15, 0.2) is 0 Å². The predicted molar refractivity (Wildman–Crippen MR) is 154 cm³/mol. The van der Waals surface area contributed by atoms with Crippen LogP contribution in [0, 0.1) is 25.2 Å². The molecule has 4 aliphatic rings. The van der Waals surface area contributed by atoms with E-state index in [2.05, 4.69) is 47.9 Å². The maximum atomic E-state index is 11.8. The van der Waals surface area contributed by atoms with Gasteiger partial charge in [0.2, 0.25) is 0 Å². The molecule has 0 unspecified atom stereocenters. The largest absolute Gasteiger partial charge is 0.488 e. The SMILES string of the molecule is Cc1cccc(-c2cccc(N3C[C@@H]4C[C@]4(C(=O)O)C3)n2)c1OCc1ccc2c(c1C)CCN(C1COC1)CC2. The van der Waals surface area contributed by atoms with Crippen LogP contribution in [0.1, 0.15) is 34.2 Å². The van der Waals surface area contributed by atoms with Gasteiger partial charge >= 0.3 is 5.97 Å². The van der Waals surface area contributed by atoms with E-state index in [1.54, 1.807) is 0 Å². The Bertz CT molecular complexity index is 1470. The van der Waals surface area contributed by atoms with Crippen LogP contribution in [-0.4, -0.2) is 66.4 Å². The van der Waals surface area contributed by atoms with Crippen LogP contribution in [0.25, 0.3) is 11.3 Å². The number of anilines is 1. The highest BCUT2D eigenvalue weighted by atomic mass is 16.5. The Morgan fingerprint density at radius 3 is 2.70 bits per heavy atom. The van der Waals surface area contributed by atoms with E-state index in [1.165, 1.54) is 22.3 Å². The van der Waals surface area contributed by atoms with E-state index in [-0.39, 0.29) is 5.92 Å². The summed E-state index contributed by atoms with van der Waals surface area (Å²) < 4.78 is 12.0. The highest BCUT2D eigenvalue weighted by Gasteiger charge is 2.65. The summed E-state index contributed by atoms with van der Waals surface area (Å²) in [6.07, 6.45) is 2.94. The minimum Gasteiger partial charge on any atom is -0.488 e. The minimum atomic E-state index is -0.677. The lowest BCUT2D eigenvalue weighted by molar-refractivity contribution is -0.143. The van der Waals surface area contributed by atoms with Crippen LogP contribution in [0.4, 0.5) is 5.82 Å².